The van der Waals surface area contributed by atoms with Crippen molar-refractivity contribution in [2.45, 2.75) is 27.3 Å². The summed E-state index contributed by atoms with van der Waals surface area (Å²) in [5.41, 5.74) is 1.75. The molecule has 1 amide bonds. The maximum Gasteiger partial charge on any atom is 0.278 e. The van der Waals surface area contributed by atoms with E-state index in [1.54, 1.807) is 13.8 Å². The van der Waals surface area contributed by atoms with Crippen LogP contribution in [0, 0.1) is 24.0 Å². The van der Waals surface area contributed by atoms with Gasteiger partial charge in [-0.2, -0.15) is 0 Å². The van der Waals surface area contributed by atoms with Crippen LogP contribution in [0.5, 0.6) is 0 Å². The molecule has 1 rings (SSSR count). The number of hydrogen-bond acceptors (Lipinski definition) is 5. The summed E-state index contributed by atoms with van der Waals surface area (Å²) in [6, 6.07) is 0. The Labute approximate surface area is 111 Å². The van der Waals surface area contributed by atoms with Crippen molar-refractivity contribution >= 4 is 11.6 Å². The van der Waals surface area contributed by atoms with Crippen molar-refractivity contribution < 1.29 is 9.72 Å². The average Bonchev–Trinajstić information content (AvgIpc) is 2.32. The van der Waals surface area contributed by atoms with Crippen molar-refractivity contribution in [3.63, 3.8) is 0 Å². The molecule has 1 heterocycles. The van der Waals surface area contributed by atoms with Crippen LogP contribution >= 0.6 is 0 Å². The molecule has 0 aliphatic heterocycles. The first-order chi connectivity index (χ1) is 8.97. The van der Waals surface area contributed by atoms with Crippen LogP contribution in [0.1, 0.15) is 23.7 Å². The van der Waals surface area contributed by atoms with Crippen LogP contribution in [0.15, 0.2) is 6.20 Å². The molecule has 0 saturated carbocycles. The molecule has 0 radical (unpaired) electrons. The molecule has 0 fully saturated rings. The smallest absolute Gasteiger partial charge is 0.278 e. The fourth-order valence-corrected chi connectivity index (χ4v) is 1.78. The maximum absolute atomic E-state index is 11.2. The number of pyridine rings is 1. The van der Waals surface area contributed by atoms with Gasteiger partial charge in [-0.05, 0) is 20.8 Å². The monoisotopic (exact) mass is 266 g/mol. The SMILES string of the molecule is CCNC(=O)CNCc1ncc(C)c([N+](=O)[O-])c1C. The van der Waals surface area contributed by atoms with Crippen LogP contribution < -0.4 is 10.6 Å². The number of aromatic nitrogens is 1. The van der Waals surface area contributed by atoms with Crippen LogP contribution in [-0.2, 0) is 11.3 Å². The third-order valence-corrected chi connectivity index (χ3v) is 2.71. The van der Waals surface area contributed by atoms with E-state index < -0.39 is 4.92 Å². The molecule has 0 atom stereocenters. The molecule has 0 bridgehead atoms. The first-order valence-electron chi connectivity index (χ1n) is 6.04. The number of nitro groups is 1. The van der Waals surface area contributed by atoms with Crippen LogP contribution in [0.3, 0.4) is 0 Å². The van der Waals surface area contributed by atoms with Crippen molar-refractivity contribution in [2.75, 3.05) is 13.1 Å². The normalized spacial score (nSPS) is 10.3. The highest BCUT2D eigenvalue weighted by Gasteiger charge is 2.18. The lowest BCUT2D eigenvalue weighted by Crippen LogP contribution is -2.33. The fourth-order valence-electron chi connectivity index (χ4n) is 1.78. The number of hydrogen-bond donors (Lipinski definition) is 2. The number of aryl methyl sites for hydroxylation is 1. The Morgan fingerprint density at radius 3 is 2.74 bits per heavy atom. The molecule has 0 aliphatic rings. The molecule has 19 heavy (non-hydrogen) atoms. The van der Waals surface area contributed by atoms with E-state index in [1.165, 1.54) is 6.20 Å². The summed E-state index contributed by atoms with van der Waals surface area (Å²) in [4.78, 5) is 26.0. The van der Waals surface area contributed by atoms with Gasteiger partial charge >= 0.3 is 0 Å². The topological polar surface area (TPSA) is 97.2 Å². The first kappa shape index (κ1) is 15.0. The highest BCUT2D eigenvalue weighted by atomic mass is 16.6. The van der Waals surface area contributed by atoms with Crippen molar-refractivity contribution in [1.29, 1.82) is 0 Å². The summed E-state index contributed by atoms with van der Waals surface area (Å²) < 4.78 is 0. The molecule has 2 N–H and O–H groups in total. The third kappa shape index (κ3) is 3.99. The quantitative estimate of drug-likeness (QED) is 0.587. The molecule has 7 heteroatoms. The van der Waals surface area contributed by atoms with Gasteiger partial charge in [-0.25, -0.2) is 0 Å². The molecular weight excluding hydrogens is 248 g/mol. The zero-order chi connectivity index (χ0) is 14.4. The second kappa shape index (κ2) is 6.79. The summed E-state index contributed by atoms with van der Waals surface area (Å²) >= 11 is 0. The van der Waals surface area contributed by atoms with E-state index in [0.29, 0.717) is 29.9 Å². The van der Waals surface area contributed by atoms with E-state index in [0.717, 1.165) is 0 Å². The molecule has 7 nitrogen and oxygen atoms in total. The number of nitrogens with zero attached hydrogens (tertiary/aromatic N) is 2. The summed E-state index contributed by atoms with van der Waals surface area (Å²) in [5, 5.41) is 16.5. The molecule has 0 saturated heterocycles. The summed E-state index contributed by atoms with van der Waals surface area (Å²) in [6.07, 6.45) is 1.48. The third-order valence-electron chi connectivity index (χ3n) is 2.71. The minimum Gasteiger partial charge on any atom is -0.355 e. The molecule has 104 valence electrons. The predicted octanol–water partition coefficient (Wildman–Crippen LogP) is 0.832. The number of carbonyl (C=O) groups is 1. The standard InChI is InChI=1S/C12H18N4O3/c1-4-14-11(17)7-13-6-10-9(3)12(16(18)19)8(2)5-15-10/h5,13H,4,6-7H2,1-3H3,(H,14,17). The number of carbonyl (C=O) groups excluding carboxylic acids is 1. The van der Waals surface area contributed by atoms with E-state index in [9.17, 15) is 14.9 Å². The number of likely N-dealkylation sites (N-methyl/N-ethyl adjacent to an activating group) is 1. The van der Waals surface area contributed by atoms with E-state index in [2.05, 4.69) is 15.6 Å². The Kier molecular flexibility index (Phi) is 5.37. The molecular formula is C12H18N4O3. The van der Waals surface area contributed by atoms with Gasteiger partial charge in [0, 0.05) is 30.4 Å². The van der Waals surface area contributed by atoms with Crippen molar-refractivity contribution in [1.82, 2.24) is 15.6 Å². The zero-order valence-corrected chi connectivity index (χ0v) is 11.3. The molecule has 0 aromatic carbocycles. The van der Waals surface area contributed by atoms with Crippen molar-refractivity contribution in [2.24, 2.45) is 0 Å². The van der Waals surface area contributed by atoms with Gasteiger partial charge in [0.25, 0.3) is 5.69 Å². The lowest BCUT2D eigenvalue weighted by atomic mass is 10.1. The van der Waals surface area contributed by atoms with E-state index >= 15 is 0 Å². The van der Waals surface area contributed by atoms with Crippen LogP contribution in [0.4, 0.5) is 5.69 Å². The lowest BCUT2D eigenvalue weighted by Gasteiger charge is -2.08. The second-order valence-electron chi connectivity index (χ2n) is 4.18. The van der Waals surface area contributed by atoms with Crippen LogP contribution in [0.2, 0.25) is 0 Å². The Bertz CT molecular complexity index is 488. The minimum absolute atomic E-state index is 0.0878. The van der Waals surface area contributed by atoms with Crippen molar-refractivity contribution in [3.05, 3.63) is 33.1 Å². The lowest BCUT2D eigenvalue weighted by molar-refractivity contribution is -0.386. The van der Waals surface area contributed by atoms with Gasteiger partial charge in [0.05, 0.1) is 17.2 Å². The predicted molar refractivity (Wildman–Crippen MR) is 70.8 cm³/mol. The molecule has 0 unspecified atom stereocenters. The minimum atomic E-state index is -0.403. The number of amides is 1. The number of rotatable bonds is 6. The number of nitrogens with one attached hydrogen (secondary N) is 2. The Morgan fingerprint density at radius 1 is 1.47 bits per heavy atom. The summed E-state index contributed by atoms with van der Waals surface area (Å²) in [7, 11) is 0. The summed E-state index contributed by atoms with van der Waals surface area (Å²) in [6.45, 7) is 6.23. The Hall–Kier alpha value is -2.02. The van der Waals surface area contributed by atoms with Crippen molar-refractivity contribution in [3.8, 4) is 0 Å². The van der Waals surface area contributed by atoms with Crippen LogP contribution in [0.25, 0.3) is 0 Å². The maximum atomic E-state index is 11.2. The first-order valence-corrected chi connectivity index (χ1v) is 6.04. The van der Waals surface area contributed by atoms with Gasteiger partial charge in [0.1, 0.15) is 0 Å². The zero-order valence-electron chi connectivity index (χ0n) is 11.3. The van der Waals surface area contributed by atoms with E-state index in [-0.39, 0.29) is 18.1 Å². The molecule has 0 spiro atoms. The highest BCUT2D eigenvalue weighted by molar-refractivity contribution is 5.77. The van der Waals surface area contributed by atoms with Gasteiger partial charge < -0.3 is 10.6 Å². The van der Waals surface area contributed by atoms with Gasteiger partial charge in [-0.3, -0.25) is 19.9 Å². The Balaban J connectivity index is 2.72. The van der Waals surface area contributed by atoms with E-state index in [4.69, 9.17) is 0 Å². The van der Waals surface area contributed by atoms with Gasteiger partial charge in [-0.1, -0.05) is 0 Å². The highest BCUT2D eigenvalue weighted by Crippen LogP contribution is 2.23. The Morgan fingerprint density at radius 2 is 2.16 bits per heavy atom. The molecule has 1 aromatic rings. The van der Waals surface area contributed by atoms with Gasteiger partial charge in [0.15, 0.2) is 0 Å². The van der Waals surface area contributed by atoms with Gasteiger partial charge in [0.2, 0.25) is 5.91 Å². The largest absolute Gasteiger partial charge is 0.355 e. The summed E-state index contributed by atoms with van der Waals surface area (Å²) in [5.74, 6) is -0.109. The average molecular weight is 266 g/mol. The molecule has 1 aromatic heterocycles. The van der Waals surface area contributed by atoms with Crippen LogP contribution in [-0.4, -0.2) is 28.9 Å². The van der Waals surface area contributed by atoms with Gasteiger partial charge in [-0.15, -0.1) is 0 Å². The van der Waals surface area contributed by atoms with E-state index in [1.807, 2.05) is 6.92 Å². The fraction of sp³-hybridized carbons (Fsp3) is 0.500. The second-order valence-corrected chi connectivity index (χ2v) is 4.18. The molecule has 0 aliphatic carbocycles.